The Morgan fingerprint density at radius 2 is 1.56 bits per heavy atom. The number of nitrogens with one attached hydrogen (secondary N) is 1. The summed E-state index contributed by atoms with van der Waals surface area (Å²) >= 11 is 6.85. The standard InChI is InChI=1S/C28H35ClN2O/c29-26(21-23-12-6-2-7-13-23)27(28(32)30-25-14-8-3-9-15-25)31-18-16-24(17-19-31)20-22-10-4-1-5-11-22/h1-2,4-7,10-13,21,24-25,27H,3,8-9,14-20H2,(H,30,32)/b26-21-/t27-/m1/s1. The van der Waals surface area contributed by atoms with E-state index in [1.807, 2.05) is 36.4 Å². The van der Waals surface area contributed by atoms with Gasteiger partial charge in [0.2, 0.25) is 5.91 Å². The third kappa shape index (κ3) is 6.46. The number of nitrogens with zero attached hydrogens (tertiary/aromatic N) is 1. The molecule has 1 saturated carbocycles. The van der Waals surface area contributed by atoms with Gasteiger partial charge in [0.1, 0.15) is 6.04 Å². The summed E-state index contributed by atoms with van der Waals surface area (Å²) in [6, 6.07) is 20.7. The average Bonchev–Trinajstić information content (AvgIpc) is 2.82. The summed E-state index contributed by atoms with van der Waals surface area (Å²) in [4.78, 5) is 15.7. The second-order valence-corrected chi connectivity index (χ2v) is 9.79. The van der Waals surface area contributed by atoms with Crippen molar-refractivity contribution in [3.63, 3.8) is 0 Å². The molecule has 32 heavy (non-hydrogen) atoms. The summed E-state index contributed by atoms with van der Waals surface area (Å²) in [7, 11) is 0. The van der Waals surface area contributed by atoms with Crippen LogP contribution in [0.3, 0.4) is 0 Å². The van der Waals surface area contributed by atoms with Crippen LogP contribution in [0.5, 0.6) is 0 Å². The van der Waals surface area contributed by atoms with Crippen LogP contribution in [-0.2, 0) is 11.2 Å². The maximum atomic E-state index is 13.4. The molecular weight excluding hydrogens is 416 g/mol. The summed E-state index contributed by atoms with van der Waals surface area (Å²) in [6.45, 7) is 1.80. The van der Waals surface area contributed by atoms with E-state index in [-0.39, 0.29) is 11.9 Å². The Bertz CT molecular complexity index is 869. The van der Waals surface area contributed by atoms with Crippen molar-refractivity contribution in [2.75, 3.05) is 13.1 Å². The van der Waals surface area contributed by atoms with Gasteiger partial charge >= 0.3 is 0 Å². The van der Waals surface area contributed by atoms with Gasteiger partial charge in [-0.25, -0.2) is 0 Å². The molecule has 1 saturated heterocycles. The first kappa shape index (κ1) is 23.1. The van der Waals surface area contributed by atoms with Crippen molar-refractivity contribution in [2.45, 2.75) is 63.5 Å². The highest BCUT2D eigenvalue weighted by Gasteiger charge is 2.33. The number of piperidine rings is 1. The quantitative estimate of drug-likeness (QED) is 0.557. The molecule has 0 bridgehead atoms. The van der Waals surface area contributed by atoms with Crippen LogP contribution >= 0.6 is 11.6 Å². The Labute approximate surface area is 197 Å². The van der Waals surface area contributed by atoms with Crippen molar-refractivity contribution >= 4 is 23.6 Å². The van der Waals surface area contributed by atoms with Gasteiger partial charge in [-0.2, -0.15) is 0 Å². The first-order chi connectivity index (χ1) is 15.7. The first-order valence-corrected chi connectivity index (χ1v) is 12.6. The lowest BCUT2D eigenvalue weighted by molar-refractivity contribution is -0.126. The molecule has 1 atom stereocenters. The van der Waals surface area contributed by atoms with E-state index < -0.39 is 6.04 Å². The number of benzene rings is 2. The van der Waals surface area contributed by atoms with E-state index >= 15 is 0 Å². The molecule has 1 heterocycles. The number of carbonyl (C=O) groups is 1. The topological polar surface area (TPSA) is 32.3 Å². The van der Waals surface area contributed by atoms with E-state index in [0.717, 1.165) is 50.8 Å². The monoisotopic (exact) mass is 450 g/mol. The van der Waals surface area contributed by atoms with E-state index in [0.29, 0.717) is 11.0 Å². The maximum absolute atomic E-state index is 13.4. The smallest absolute Gasteiger partial charge is 0.243 e. The van der Waals surface area contributed by atoms with Crippen LogP contribution < -0.4 is 5.32 Å². The van der Waals surface area contributed by atoms with Crippen LogP contribution in [-0.4, -0.2) is 36.0 Å². The number of hydrogen-bond acceptors (Lipinski definition) is 2. The Morgan fingerprint density at radius 3 is 2.22 bits per heavy atom. The van der Waals surface area contributed by atoms with Crippen molar-refractivity contribution in [2.24, 2.45) is 5.92 Å². The van der Waals surface area contributed by atoms with Gasteiger partial charge in [0.15, 0.2) is 0 Å². The summed E-state index contributed by atoms with van der Waals surface area (Å²) in [5, 5.41) is 3.94. The van der Waals surface area contributed by atoms with Crippen molar-refractivity contribution in [3.8, 4) is 0 Å². The lowest BCUT2D eigenvalue weighted by Crippen LogP contribution is -2.52. The van der Waals surface area contributed by atoms with Crippen molar-refractivity contribution in [1.82, 2.24) is 10.2 Å². The van der Waals surface area contributed by atoms with Gasteiger partial charge in [-0.1, -0.05) is 91.5 Å². The fourth-order valence-corrected chi connectivity index (χ4v) is 5.51. The van der Waals surface area contributed by atoms with Crippen LogP contribution in [0.2, 0.25) is 0 Å². The highest BCUT2D eigenvalue weighted by molar-refractivity contribution is 6.34. The summed E-state index contributed by atoms with van der Waals surface area (Å²) in [5.74, 6) is 0.725. The molecule has 0 radical (unpaired) electrons. The minimum atomic E-state index is -0.406. The second-order valence-electron chi connectivity index (χ2n) is 9.36. The van der Waals surface area contributed by atoms with Crippen molar-refractivity contribution < 1.29 is 4.79 Å². The molecule has 2 aliphatic rings. The Morgan fingerprint density at radius 1 is 0.938 bits per heavy atom. The molecule has 3 nitrogen and oxygen atoms in total. The molecule has 4 rings (SSSR count). The number of amides is 1. The normalized spacial score (nSPS) is 20.1. The molecular formula is C28H35ClN2O. The zero-order valence-corrected chi connectivity index (χ0v) is 19.6. The summed E-state index contributed by atoms with van der Waals surface area (Å²) < 4.78 is 0. The number of rotatable bonds is 7. The minimum absolute atomic E-state index is 0.0654. The van der Waals surface area contributed by atoms with Crippen LogP contribution in [0.1, 0.15) is 56.1 Å². The summed E-state index contributed by atoms with van der Waals surface area (Å²) in [6.07, 6.45) is 11.1. The minimum Gasteiger partial charge on any atom is -0.352 e. The molecule has 0 aromatic heterocycles. The lowest BCUT2D eigenvalue weighted by atomic mass is 9.89. The Kier molecular flexibility index (Phi) is 8.42. The predicted molar refractivity (Wildman–Crippen MR) is 134 cm³/mol. The zero-order chi connectivity index (χ0) is 22.2. The van der Waals surface area contributed by atoms with Crippen LogP contribution in [0.25, 0.3) is 6.08 Å². The third-order valence-corrected chi connectivity index (χ3v) is 7.26. The third-order valence-electron chi connectivity index (χ3n) is 6.95. The predicted octanol–water partition coefficient (Wildman–Crippen LogP) is 6.04. The molecule has 170 valence electrons. The van der Waals surface area contributed by atoms with E-state index in [9.17, 15) is 4.79 Å². The molecule has 1 aliphatic heterocycles. The highest BCUT2D eigenvalue weighted by Crippen LogP contribution is 2.28. The SMILES string of the molecule is O=C(NC1CCCCC1)[C@@H](/C(Cl)=C/c1ccccc1)N1CCC(Cc2ccccc2)CC1. The van der Waals surface area contributed by atoms with Crippen LogP contribution in [0.15, 0.2) is 65.7 Å². The first-order valence-electron chi connectivity index (χ1n) is 12.2. The molecule has 2 fully saturated rings. The van der Waals surface area contributed by atoms with E-state index in [1.165, 1.54) is 24.8 Å². The van der Waals surface area contributed by atoms with Crippen molar-refractivity contribution in [1.29, 1.82) is 0 Å². The van der Waals surface area contributed by atoms with Crippen molar-refractivity contribution in [3.05, 3.63) is 76.8 Å². The second kappa shape index (κ2) is 11.7. The highest BCUT2D eigenvalue weighted by atomic mass is 35.5. The van der Waals surface area contributed by atoms with Gasteiger partial charge in [-0.15, -0.1) is 0 Å². The van der Waals surface area contributed by atoms with Gasteiger partial charge in [0, 0.05) is 11.1 Å². The molecule has 2 aromatic rings. The van der Waals surface area contributed by atoms with Gasteiger partial charge in [-0.05, 0) is 68.3 Å². The van der Waals surface area contributed by atoms with Crippen LogP contribution in [0.4, 0.5) is 0 Å². The van der Waals surface area contributed by atoms with E-state index in [2.05, 4.69) is 40.5 Å². The number of halogens is 1. The Hall–Kier alpha value is -2.10. The van der Waals surface area contributed by atoms with Gasteiger partial charge in [0.05, 0.1) is 0 Å². The van der Waals surface area contributed by atoms with E-state index in [4.69, 9.17) is 11.6 Å². The molecule has 4 heteroatoms. The molecule has 1 aliphatic carbocycles. The van der Waals surface area contributed by atoms with Gasteiger partial charge in [0.25, 0.3) is 0 Å². The molecule has 2 aromatic carbocycles. The Balaban J connectivity index is 1.44. The summed E-state index contributed by atoms with van der Waals surface area (Å²) in [5.41, 5.74) is 2.44. The fourth-order valence-electron chi connectivity index (χ4n) is 5.14. The lowest BCUT2D eigenvalue weighted by Gasteiger charge is -2.37. The van der Waals surface area contributed by atoms with Gasteiger partial charge in [-0.3, -0.25) is 9.69 Å². The molecule has 1 N–H and O–H groups in total. The number of hydrogen-bond donors (Lipinski definition) is 1. The fraction of sp³-hybridized carbons (Fsp3) is 0.464. The van der Waals surface area contributed by atoms with Crippen LogP contribution in [0, 0.1) is 5.92 Å². The number of carbonyl (C=O) groups excluding carboxylic acids is 1. The molecule has 0 unspecified atom stereocenters. The zero-order valence-electron chi connectivity index (χ0n) is 18.9. The average molecular weight is 451 g/mol. The van der Waals surface area contributed by atoms with Gasteiger partial charge < -0.3 is 5.32 Å². The van der Waals surface area contributed by atoms with E-state index in [1.54, 1.807) is 0 Å². The maximum Gasteiger partial charge on any atom is 0.243 e. The largest absolute Gasteiger partial charge is 0.352 e. The number of likely N-dealkylation sites (tertiary alicyclic amines) is 1. The molecule has 1 amide bonds. The molecule has 0 spiro atoms.